The van der Waals surface area contributed by atoms with Gasteiger partial charge in [0.15, 0.2) is 0 Å². The van der Waals surface area contributed by atoms with Crippen molar-refractivity contribution in [3.05, 3.63) is 23.8 Å². The first-order valence-electron chi connectivity index (χ1n) is 4.78. The first kappa shape index (κ1) is 10.4. The average molecular weight is 221 g/mol. The van der Waals surface area contributed by atoms with Gasteiger partial charge < -0.3 is 9.84 Å². The summed E-state index contributed by atoms with van der Waals surface area (Å²) < 4.78 is 4.97. The molecule has 0 aliphatic carbocycles. The molecule has 0 amide bonds. The topological polar surface area (TPSA) is 74.5 Å². The van der Waals surface area contributed by atoms with Gasteiger partial charge in [-0.3, -0.25) is 0 Å². The maximum atomic E-state index is 11.0. The van der Waals surface area contributed by atoms with Gasteiger partial charge in [0.05, 0.1) is 25.9 Å². The number of anilines is 1. The van der Waals surface area contributed by atoms with Gasteiger partial charge in [-0.25, -0.2) is 9.80 Å². The highest BCUT2D eigenvalue weighted by Crippen LogP contribution is 2.26. The Labute approximate surface area is 92.1 Å². The van der Waals surface area contributed by atoms with E-state index in [9.17, 15) is 4.79 Å². The van der Waals surface area contributed by atoms with Crippen molar-refractivity contribution in [3.63, 3.8) is 0 Å². The predicted molar refractivity (Wildman–Crippen MR) is 57.0 cm³/mol. The fourth-order valence-electron chi connectivity index (χ4n) is 1.51. The molecule has 6 nitrogen and oxygen atoms in total. The number of carbonyl (C=O) groups is 1. The van der Waals surface area contributed by atoms with Crippen LogP contribution >= 0.6 is 0 Å². The van der Waals surface area contributed by atoms with Crippen LogP contribution < -0.4 is 9.75 Å². The summed E-state index contributed by atoms with van der Waals surface area (Å²) in [5, 5.41) is 18.4. The minimum absolute atomic E-state index is 0.127. The second-order valence-electron chi connectivity index (χ2n) is 3.27. The molecule has 0 saturated heterocycles. The highest BCUT2D eigenvalue weighted by atomic mass is 16.5. The molecule has 1 heterocycles. The lowest BCUT2D eigenvalue weighted by atomic mass is 10.1. The van der Waals surface area contributed by atoms with Gasteiger partial charge in [0, 0.05) is 0 Å². The summed E-state index contributed by atoms with van der Waals surface area (Å²) in [5.41, 5.74) is 0.835. The van der Waals surface area contributed by atoms with E-state index in [4.69, 9.17) is 9.84 Å². The number of carboxylic acids is 1. The molecule has 84 valence electrons. The predicted octanol–water partition coefficient (Wildman–Crippen LogP) is 1.58. The van der Waals surface area contributed by atoms with E-state index >= 15 is 0 Å². The zero-order valence-corrected chi connectivity index (χ0v) is 8.75. The molecular formula is C10H11N3O3. The van der Waals surface area contributed by atoms with Crippen LogP contribution in [0.2, 0.25) is 0 Å². The third kappa shape index (κ3) is 1.81. The Balaban J connectivity index is 2.38. The van der Waals surface area contributed by atoms with Gasteiger partial charge in [-0.15, -0.1) is 0 Å². The molecule has 1 aliphatic rings. The van der Waals surface area contributed by atoms with Crippen molar-refractivity contribution in [3.8, 4) is 5.75 Å². The number of aromatic carboxylic acids is 1. The molecule has 1 aromatic carbocycles. The Hall–Kier alpha value is -2.11. The van der Waals surface area contributed by atoms with E-state index < -0.39 is 5.97 Å². The van der Waals surface area contributed by atoms with Crippen LogP contribution in [0, 0.1) is 0 Å². The van der Waals surface area contributed by atoms with Crippen molar-refractivity contribution >= 4 is 11.7 Å². The van der Waals surface area contributed by atoms with Crippen LogP contribution in [0.1, 0.15) is 10.4 Å². The van der Waals surface area contributed by atoms with Gasteiger partial charge in [-0.2, -0.15) is 5.11 Å². The Bertz CT molecular complexity index is 445. The Kier molecular flexibility index (Phi) is 2.72. The molecule has 0 radical (unpaired) electrons. The summed E-state index contributed by atoms with van der Waals surface area (Å²) >= 11 is 0. The van der Waals surface area contributed by atoms with E-state index in [0.29, 0.717) is 24.5 Å². The van der Waals surface area contributed by atoms with Crippen LogP contribution in [-0.2, 0) is 0 Å². The molecule has 6 heteroatoms. The maximum absolute atomic E-state index is 11.0. The van der Waals surface area contributed by atoms with E-state index in [-0.39, 0.29) is 5.56 Å². The second kappa shape index (κ2) is 4.18. The summed E-state index contributed by atoms with van der Waals surface area (Å²) in [4.78, 5) is 11.0. The quantitative estimate of drug-likeness (QED) is 0.840. The van der Waals surface area contributed by atoms with Crippen molar-refractivity contribution in [1.29, 1.82) is 0 Å². The fraction of sp³-hybridized carbons (Fsp3) is 0.300. The number of nitrogens with zero attached hydrogens (tertiary/aromatic N) is 3. The minimum Gasteiger partial charge on any atom is -0.496 e. The number of ether oxygens (including phenoxy) is 1. The smallest absolute Gasteiger partial charge is 0.339 e. The third-order valence-electron chi connectivity index (χ3n) is 2.29. The van der Waals surface area contributed by atoms with Crippen LogP contribution in [0.25, 0.3) is 0 Å². The lowest BCUT2D eigenvalue weighted by Gasteiger charge is -2.13. The van der Waals surface area contributed by atoms with Crippen molar-refractivity contribution in [1.82, 2.24) is 0 Å². The minimum atomic E-state index is -1.02. The van der Waals surface area contributed by atoms with E-state index in [1.165, 1.54) is 13.2 Å². The summed E-state index contributed by atoms with van der Waals surface area (Å²) in [6, 6.07) is 4.91. The molecule has 1 N–H and O–H groups in total. The number of methoxy groups -OCH3 is 1. The van der Waals surface area contributed by atoms with Crippen molar-refractivity contribution < 1.29 is 14.6 Å². The van der Waals surface area contributed by atoms with Crippen molar-refractivity contribution in [2.45, 2.75) is 0 Å². The monoisotopic (exact) mass is 221 g/mol. The highest BCUT2D eigenvalue weighted by molar-refractivity contribution is 5.92. The lowest BCUT2D eigenvalue weighted by Crippen LogP contribution is -2.14. The van der Waals surface area contributed by atoms with E-state index in [0.717, 1.165) is 0 Å². The molecule has 0 atom stereocenters. The van der Waals surface area contributed by atoms with Crippen LogP contribution in [0.4, 0.5) is 5.69 Å². The van der Waals surface area contributed by atoms with Crippen LogP contribution in [0.15, 0.2) is 28.5 Å². The molecule has 0 spiro atoms. The maximum Gasteiger partial charge on any atom is 0.339 e. The van der Waals surface area contributed by atoms with E-state index in [2.05, 4.69) is 10.3 Å². The van der Waals surface area contributed by atoms with Crippen molar-refractivity contribution in [2.75, 3.05) is 25.2 Å². The summed E-state index contributed by atoms with van der Waals surface area (Å²) in [6.45, 7) is 1.31. The highest BCUT2D eigenvalue weighted by Gasteiger charge is 2.16. The fourth-order valence-corrected chi connectivity index (χ4v) is 1.51. The largest absolute Gasteiger partial charge is 0.496 e. The van der Waals surface area contributed by atoms with E-state index in [1.807, 2.05) is 0 Å². The second-order valence-corrected chi connectivity index (χ2v) is 3.27. The Morgan fingerprint density at radius 3 is 2.94 bits per heavy atom. The molecule has 2 rings (SSSR count). The van der Waals surface area contributed by atoms with Crippen LogP contribution in [0.3, 0.4) is 0 Å². The average Bonchev–Trinajstić information content (AvgIpc) is 2.81. The summed E-state index contributed by atoms with van der Waals surface area (Å²) in [7, 11) is 1.44. The van der Waals surface area contributed by atoms with E-state index in [1.54, 1.807) is 17.1 Å². The number of benzene rings is 1. The molecule has 0 aromatic heterocycles. The zero-order valence-electron chi connectivity index (χ0n) is 8.75. The van der Waals surface area contributed by atoms with Gasteiger partial charge in [-0.05, 0) is 18.2 Å². The van der Waals surface area contributed by atoms with Gasteiger partial charge in [0.1, 0.15) is 11.3 Å². The van der Waals surface area contributed by atoms with Gasteiger partial charge >= 0.3 is 5.97 Å². The number of carboxylic acid groups (broad SMARTS) is 1. The molecule has 0 saturated carbocycles. The molecular weight excluding hydrogens is 210 g/mol. The SMILES string of the molecule is COc1ccc(N2CCN=N2)cc1C(=O)O. The first-order chi connectivity index (χ1) is 7.72. The molecule has 0 fully saturated rings. The standard InChI is InChI=1S/C10H11N3O3/c1-16-9-3-2-7(6-8(9)10(14)15)13-5-4-11-12-13/h2-3,6H,4-5H2,1H3,(H,14,15). The zero-order chi connectivity index (χ0) is 11.5. The first-order valence-corrected chi connectivity index (χ1v) is 4.78. The van der Waals surface area contributed by atoms with Gasteiger partial charge in [0.2, 0.25) is 0 Å². The van der Waals surface area contributed by atoms with Gasteiger partial charge in [-0.1, -0.05) is 5.22 Å². The third-order valence-corrected chi connectivity index (χ3v) is 2.29. The van der Waals surface area contributed by atoms with Crippen LogP contribution in [-0.4, -0.2) is 31.3 Å². The molecule has 16 heavy (non-hydrogen) atoms. The normalized spacial score (nSPS) is 14.2. The van der Waals surface area contributed by atoms with Crippen molar-refractivity contribution in [2.24, 2.45) is 10.3 Å². The van der Waals surface area contributed by atoms with Gasteiger partial charge in [0.25, 0.3) is 0 Å². The Morgan fingerprint density at radius 1 is 1.56 bits per heavy atom. The summed E-state index contributed by atoms with van der Waals surface area (Å²) in [6.07, 6.45) is 0. The molecule has 1 aliphatic heterocycles. The number of hydrogen-bond acceptors (Lipinski definition) is 5. The number of rotatable bonds is 3. The molecule has 0 bridgehead atoms. The molecule has 0 unspecified atom stereocenters. The lowest BCUT2D eigenvalue weighted by molar-refractivity contribution is 0.0693. The summed E-state index contributed by atoms with van der Waals surface area (Å²) in [5.74, 6) is -0.678. The Morgan fingerprint density at radius 2 is 2.38 bits per heavy atom. The number of hydrogen-bond donors (Lipinski definition) is 1. The molecule has 1 aromatic rings. The van der Waals surface area contributed by atoms with Crippen LogP contribution in [0.5, 0.6) is 5.75 Å².